The minimum absolute atomic E-state index is 0. The number of hydrogen-bond acceptors (Lipinski definition) is 5. The number of aliphatic imine (C=N–C) groups is 1. The summed E-state index contributed by atoms with van der Waals surface area (Å²) < 4.78 is 48.0. The smallest absolute Gasteiger partial charge is 0.416 e. The Morgan fingerprint density at radius 2 is 1.69 bits per heavy atom. The van der Waals surface area contributed by atoms with Crippen molar-refractivity contribution < 1.29 is 27.6 Å². The Kier molecular flexibility index (Phi) is 8.26. The molecule has 2 aromatic carbocycles. The molecule has 7 nitrogen and oxygen atoms in total. The lowest BCUT2D eigenvalue weighted by Crippen LogP contribution is -2.15. The Balaban J connectivity index is 0.00000420. The van der Waals surface area contributed by atoms with Crippen LogP contribution in [-0.2, 0) is 12.6 Å². The van der Waals surface area contributed by atoms with E-state index in [0.717, 1.165) is 12.1 Å². The number of nitrogens with two attached hydrogens (primary N) is 1. The third-order valence-electron chi connectivity index (χ3n) is 3.95. The number of rotatable bonds is 7. The van der Waals surface area contributed by atoms with Gasteiger partial charge in [0.2, 0.25) is 0 Å². The standard InChI is InChI=1S/C18H18F3N3O4.ClH/c1-27-15-9-12(14(24(25)26)10-16(15)28-2)7-8-23-17(22)11-3-5-13(6-4-11)18(19,20)21;/h3-6,9-10H,7-8H2,1-2H3,(H2,22,23);1H. The molecule has 0 spiro atoms. The zero-order valence-corrected chi connectivity index (χ0v) is 16.3. The van der Waals surface area contributed by atoms with Gasteiger partial charge in [0.05, 0.1) is 30.8 Å². The number of hydrogen-bond donors (Lipinski definition) is 1. The largest absolute Gasteiger partial charge is 0.493 e. The third-order valence-corrected chi connectivity index (χ3v) is 3.95. The molecule has 2 rings (SSSR count). The first-order valence-electron chi connectivity index (χ1n) is 8.04. The topological polar surface area (TPSA) is 100.0 Å². The van der Waals surface area contributed by atoms with Crippen molar-refractivity contribution in [2.24, 2.45) is 10.7 Å². The lowest BCUT2D eigenvalue weighted by atomic mass is 10.1. The number of ether oxygens (including phenoxy) is 2. The van der Waals surface area contributed by atoms with Gasteiger partial charge in [0, 0.05) is 17.7 Å². The highest BCUT2D eigenvalue weighted by Crippen LogP contribution is 2.34. The molecule has 0 amide bonds. The van der Waals surface area contributed by atoms with E-state index in [-0.39, 0.29) is 42.6 Å². The Hall–Kier alpha value is -3.01. The van der Waals surface area contributed by atoms with Crippen molar-refractivity contribution in [1.82, 2.24) is 0 Å². The van der Waals surface area contributed by atoms with Crippen molar-refractivity contribution in [2.75, 3.05) is 20.8 Å². The first-order valence-corrected chi connectivity index (χ1v) is 8.04. The highest BCUT2D eigenvalue weighted by molar-refractivity contribution is 5.97. The summed E-state index contributed by atoms with van der Waals surface area (Å²) in [7, 11) is 2.78. The summed E-state index contributed by atoms with van der Waals surface area (Å²) >= 11 is 0. The van der Waals surface area contributed by atoms with Gasteiger partial charge in [-0.25, -0.2) is 0 Å². The van der Waals surface area contributed by atoms with Crippen molar-refractivity contribution in [3.05, 3.63) is 63.2 Å². The molecule has 0 aliphatic heterocycles. The summed E-state index contributed by atoms with van der Waals surface area (Å²) in [5, 5.41) is 11.3. The number of halogens is 4. The fraction of sp³-hybridized carbons (Fsp3) is 0.278. The molecule has 29 heavy (non-hydrogen) atoms. The second kappa shape index (κ2) is 9.97. The average molecular weight is 434 g/mol. The van der Waals surface area contributed by atoms with Crippen molar-refractivity contribution >= 4 is 23.9 Å². The molecule has 2 aromatic rings. The van der Waals surface area contributed by atoms with Crippen LogP contribution in [0.3, 0.4) is 0 Å². The van der Waals surface area contributed by atoms with Crippen LogP contribution in [0, 0.1) is 10.1 Å². The molecule has 2 N–H and O–H groups in total. The van der Waals surface area contributed by atoms with Crippen molar-refractivity contribution in [1.29, 1.82) is 0 Å². The summed E-state index contributed by atoms with van der Waals surface area (Å²) in [6, 6.07) is 7.02. The molecular formula is C18H19ClF3N3O4. The van der Waals surface area contributed by atoms with Crippen LogP contribution in [0.2, 0.25) is 0 Å². The number of methoxy groups -OCH3 is 2. The van der Waals surface area contributed by atoms with Crippen LogP contribution in [0.15, 0.2) is 41.4 Å². The Morgan fingerprint density at radius 1 is 1.14 bits per heavy atom. The third kappa shape index (κ3) is 5.98. The first kappa shape index (κ1) is 24.0. The Morgan fingerprint density at radius 3 is 2.17 bits per heavy atom. The van der Waals surface area contributed by atoms with Gasteiger partial charge in [-0.05, 0) is 24.6 Å². The normalized spacial score (nSPS) is 11.6. The van der Waals surface area contributed by atoms with Crippen LogP contribution in [0.5, 0.6) is 11.5 Å². The Labute approximate surface area is 170 Å². The molecule has 0 radical (unpaired) electrons. The minimum Gasteiger partial charge on any atom is -0.493 e. The number of nitro groups is 1. The van der Waals surface area contributed by atoms with Crippen LogP contribution < -0.4 is 15.2 Å². The highest BCUT2D eigenvalue weighted by Gasteiger charge is 2.30. The SMILES string of the molecule is COc1cc(CCN=C(N)c2ccc(C(F)(F)F)cc2)c([N+](=O)[O-])cc1OC.Cl. The lowest BCUT2D eigenvalue weighted by Gasteiger charge is -2.10. The molecule has 0 aromatic heterocycles. The van der Waals surface area contributed by atoms with Crippen molar-refractivity contribution in [3.8, 4) is 11.5 Å². The predicted octanol–water partition coefficient (Wildman–Crippen LogP) is 4.00. The van der Waals surface area contributed by atoms with Gasteiger partial charge in [-0.1, -0.05) is 12.1 Å². The zero-order valence-electron chi connectivity index (χ0n) is 15.5. The van der Waals surface area contributed by atoms with E-state index in [9.17, 15) is 23.3 Å². The predicted molar refractivity (Wildman–Crippen MR) is 104 cm³/mol. The molecule has 0 bridgehead atoms. The molecule has 158 valence electrons. The van der Waals surface area contributed by atoms with Gasteiger partial charge in [-0.15, -0.1) is 12.4 Å². The average Bonchev–Trinajstić information content (AvgIpc) is 2.66. The van der Waals surface area contributed by atoms with E-state index in [2.05, 4.69) is 4.99 Å². The van der Waals surface area contributed by atoms with E-state index in [1.807, 2.05) is 0 Å². The van der Waals surface area contributed by atoms with Gasteiger partial charge in [0.1, 0.15) is 5.84 Å². The molecule has 0 unspecified atom stereocenters. The summed E-state index contributed by atoms with van der Waals surface area (Å²) in [6.45, 7) is 0.100. The van der Waals surface area contributed by atoms with E-state index < -0.39 is 16.7 Å². The maximum absolute atomic E-state index is 12.6. The summed E-state index contributed by atoms with van der Waals surface area (Å²) in [5.41, 5.74) is 5.56. The Bertz CT molecular complexity index is 887. The van der Waals surface area contributed by atoms with Crippen LogP contribution in [0.25, 0.3) is 0 Å². The van der Waals surface area contributed by atoms with E-state index in [1.165, 1.54) is 38.5 Å². The van der Waals surface area contributed by atoms with Gasteiger partial charge in [-0.3, -0.25) is 15.1 Å². The van der Waals surface area contributed by atoms with Gasteiger partial charge < -0.3 is 15.2 Å². The number of nitrogens with zero attached hydrogens (tertiary/aromatic N) is 2. The van der Waals surface area contributed by atoms with Crippen LogP contribution >= 0.6 is 12.4 Å². The highest BCUT2D eigenvalue weighted by atomic mass is 35.5. The molecule has 0 atom stereocenters. The molecule has 0 heterocycles. The molecule has 0 aliphatic carbocycles. The summed E-state index contributed by atoms with van der Waals surface area (Å²) in [6.07, 6.45) is -4.26. The van der Waals surface area contributed by atoms with Gasteiger partial charge in [0.15, 0.2) is 11.5 Å². The molecule has 0 saturated carbocycles. The van der Waals surface area contributed by atoms with Crippen molar-refractivity contribution in [3.63, 3.8) is 0 Å². The van der Waals surface area contributed by atoms with Crippen LogP contribution in [0.4, 0.5) is 18.9 Å². The quantitative estimate of drug-likeness (QED) is 0.308. The maximum Gasteiger partial charge on any atom is 0.416 e. The molecular weight excluding hydrogens is 415 g/mol. The maximum atomic E-state index is 12.6. The van der Waals surface area contributed by atoms with Gasteiger partial charge >= 0.3 is 6.18 Å². The minimum atomic E-state index is -4.43. The fourth-order valence-electron chi connectivity index (χ4n) is 2.50. The second-order valence-electron chi connectivity index (χ2n) is 5.69. The first-order chi connectivity index (χ1) is 13.2. The van der Waals surface area contributed by atoms with Gasteiger partial charge in [0.25, 0.3) is 5.69 Å². The van der Waals surface area contributed by atoms with Crippen LogP contribution in [-0.4, -0.2) is 31.5 Å². The molecule has 11 heteroatoms. The summed E-state index contributed by atoms with van der Waals surface area (Å²) in [5.74, 6) is 0.602. The number of nitro benzene ring substituents is 1. The fourth-order valence-corrected chi connectivity index (χ4v) is 2.50. The molecule has 0 saturated heterocycles. The van der Waals surface area contributed by atoms with E-state index in [4.69, 9.17) is 15.2 Å². The van der Waals surface area contributed by atoms with Gasteiger partial charge in [-0.2, -0.15) is 13.2 Å². The van der Waals surface area contributed by atoms with Crippen LogP contribution in [0.1, 0.15) is 16.7 Å². The molecule has 0 fully saturated rings. The summed E-state index contributed by atoms with van der Waals surface area (Å²) in [4.78, 5) is 14.8. The number of alkyl halides is 3. The molecule has 0 aliphatic rings. The van der Waals surface area contributed by atoms with E-state index >= 15 is 0 Å². The van der Waals surface area contributed by atoms with E-state index in [1.54, 1.807) is 0 Å². The lowest BCUT2D eigenvalue weighted by molar-refractivity contribution is -0.385. The second-order valence-corrected chi connectivity index (χ2v) is 5.69. The number of amidine groups is 1. The monoisotopic (exact) mass is 433 g/mol. The zero-order chi connectivity index (χ0) is 20.9. The van der Waals surface area contributed by atoms with Crippen molar-refractivity contribution in [2.45, 2.75) is 12.6 Å². The number of benzene rings is 2. The van der Waals surface area contributed by atoms with E-state index in [0.29, 0.717) is 16.9 Å².